The number of para-hydroxylation sites is 1. The first-order chi connectivity index (χ1) is 9.58. The molecule has 0 aliphatic heterocycles. The third-order valence-electron chi connectivity index (χ3n) is 3.53. The lowest BCUT2D eigenvalue weighted by Crippen LogP contribution is -1.99. The second kappa shape index (κ2) is 4.49. The van der Waals surface area contributed by atoms with Crippen LogP contribution >= 0.6 is 0 Å². The predicted molar refractivity (Wildman–Crippen MR) is 77.8 cm³/mol. The predicted octanol–water partition coefficient (Wildman–Crippen LogP) is 3.25. The zero-order valence-corrected chi connectivity index (χ0v) is 11.3. The Hall–Kier alpha value is -2.62. The Labute approximate surface area is 116 Å². The number of hydrogen-bond acceptors (Lipinski definition) is 2. The Balaban J connectivity index is 2.25. The first kappa shape index (κ1) is 12.4. The van der Waals surface area contributed by atoms with E-state index in [0.717, 1.165) is 16.6 Å². The van der Waals surface area contributed by atoms with Crippen molar-refractivity contribution in [3.8, 4) is 11.4 Å². The molecule has 0 amide bonds. The molecule has 2 aromatic heterocycles. The molecule has 100 valence electrons. The van der Waals surface area contributed by atoms with Gasteiger partial charge in [-0.05, 0) is 30.7 Å². The highest BCUT2D eigenvalue weighted by molar-refractivity contribution is 5.91. The minimum atomic E-state index is -0.941. The molecule has 3 rings (SSSR count). The van der Waals surface area contributed by atoms with Gasteiger partial charge >= 0.3 is 5.97 Å². The summed E-state index contributed by atoms with van der Waals surface area (Å²) >= 11 is 0. The summed E-state index contributed by atoms with van der Waals surface area (Å²) in [6, 6.07) is 11.3. The monoisotopic (exact) mass is 266 g/mol. The fourth-order valence-corrected chi connectivity index (χ4v) is 2.57. The van der Waals surface area contributed by atoms with Gasteiger partial charge in [0.05, 0.1) is 22.5 Å². The van der Waals surface area contributed by atoms with E-state index in [2.05, 4.69) is 22.5 Å². The van der Waals surface area contributed by atoms with Crippen molar-refractivity contribution in [3.05, 3.63) is 53.7 Å². The zero-order valence-electron chi connectivity index (χ0n) is 11.3. The number of aromatic carboxylic acids is 1. The second-order valence-electron chi connectivity index (χ2n) is 4.84. The zero-order chi connectivity index (χ0) is 14.3. The molecule has 0 radical (unpaired) electrons. The molecule has 2 heterocycles. The maximum absolute atomic E-state index is 11.1. The summed E-state index contributed by atoms with van der Waals surface area (Å²) in [5.41, 5.74) is 4.16. The van der Waals surface area contributed by atoms with Gasteiger partial charge in [-0.1, -0.05) is 18.2 Å². The summed E-state index contributed by atoms with van der Waals surface area (Å²) in [6.45, 7) is 2.06. The van der Waals surface area contributed by atoms with Crippen molar-refractivity contribution in [2.45, 2.75) is 6.92 Å². The van der Waals surface area contributed by atoms with Crippen LogP contribution in [0.2, 0.25) is 0 Å². The molecule has 4 nitrogen and oxygen atoms in total. The number of carbonyl (C=O) groups is 1. The van der Waals surface area contributed by atoms with Crippen molar-refractivity contribution in [2.24, 2.45) is 7.05 Å². The van der Waals surface area contributed by atoms with Crippen LogP contribution in [0, 0.1) is 6.92 Å². The third kappa shape index (κ3) is 1.86. The average molecular weight is 266 g/mol. The summed E-state index contributed by atoms with van der Waals surface area (Å²) in [5, 5.41) is 10.2. The number of carboxylic acid groups (broad SMARTS) is 1. The van der Waals surface area contributed by atoms with Gasteiger partial charge in [-0.2, -0.15) is 0 Å². The molecule has 0 saturated heterocycles. The Morgan fingerprint density at radius 3 is 2.75 bits per heavy atom. The van der Waals surface area contributed by atoms with Crippen molar-refractivity contribution >= 4 is 16.9 Å². The number of pyridine rings is 1. The quantitative estimate of drug-likeness (QED) is 0.774. The standard InChI is InChI=1S/C16H14N2O2/c1-10-4-3-5-11-9-14(18(2)15(10)11)13-8-12(16(19)20)6-7-17-13/h3-9H,1-2H3,(H,19,20). The van der Waals surface area contributed by atoms with Crippen molar-refractivity contribution < 1.29 is 9.90 Å². The molecule has 0 atom stereocenters. The van der Waals surface area contributed by atoms with Crippen LogP contribution in [0.1, 0.15) is 15.9 Å². The van der Waals surface area contributed by atoms with Crippen molar-refractivity contribution in [2.75, 3.05) is 0 Å². The molecular weight excluding hydrogens is 252 g/mol. The van der Waals surface area contributed by atoms with Gasteiger partial charge < -0.3 is 9.67 Å². The van der Waals surface area contributed by atoms with Crippen molar-refractivity contribution in [1.82, 2.24) is 9.55 Å². The molecule has 4 heteroatoms. The molecule has 0 spiro atoms. The van der Waals surface area contributed by atoms with Crippen LogP contribution in [0.3, 0.4) is 0 Å². The number of rotatable bonds is 2. The van der Waals surface area contributed by atoms with E-state index < -0.39 is 5.97 Å². The molecule has 20 heavy (non-hydrogen) atoms. The van der Waals surface area contributed by atoms with Gasteiger partial charge in [-0.3, -0.25) is 4.98 Å². The number of aromatic nitrogens is 2. The van der Waals surface area contributed by atoms with Gasteiger partial charge in [0.25, 0.3) is 0 Å². The highest BCUT2D eigenvalue weighted by atomic mass is 16.4. The van der Waals surface area contributed by atoms with E-state index in [1.165, 1.54) is 17.8 Å². The number of aryl methyl sites for hydroxylation is 2. The van der Waals surface area contributed by atoms with E-state index >= 15 is 0 Å². The lowest BCUT2D eigenvalue weighted by atomic mass is 10.1. The second-order valence-corrected chi connectivity index (χ2v) is 4.84. The fraction of sp³-hybridized carbons (Fsp3) is 0.125. The Bertz CT molecular complexity index is 818. The normalized spacial score (nSPS) is 10.9. The maximum atomic E-state index is 11.1. The number of fused-ring (bicyclic) bond motifs is 1. The molecule has 3 aromatic rings. The van der Waals surface area contributed by atoms with Gasteiger partial charge in [0.1, 0.15) is 0 Å². The summed E-state index contributed by atoms with van der Waals surface area (Å²) < 4.78 is 2.05. The largest absolute Gasteiger partial charge is 0.478 e. The molecule has 0 aliphatic carbocycles. The maximum Gasteiger partial charge on any atom is 0.335 e. The third-order valence-corrected chi connectivity index (χ3v) is 3.53. The number of nitrogens with zero attached hydrogens (tertiary/aromatic N) is 2. The molecular formula is C16H14N2O2. The summed E-state index contributed by atoms with van der Waals surface area (Å²) in [4.78, 5) is 15.4. The lowest BCUT2D eigenvalue weighted by Gasteiger charge is -2.06. The SMILES string of the molecule is Cc1cccc2cc(-c3cc(C(=O)O)ccn3)n(C)c12. The van der Waals surface area contributed by atoms with Gasteiger partial charge in [0.15, 0.2) is 0 Å². The first-order valence-corrected chi connectivity index (χ1v) is 6.32. The van der Waals surface area contributed by atoms with Crippen LogP contribution in [-0.4, -0.2) is 20.6 Å². The van der Waals surface area contributed by atoms with E-state index in [1.54, 1.807) is 6.07 Å². The molecule has 0 fully saturated rings. The van der Waals surface area contributed by atoms with Crippen LogP contribution in [-0.2, 0) is 7.05 Å². The molecule has 0 saturated carbocycles. The fourth-order valence-electron chi connectivity index (χ4n) is 2.57. The number of benzene rings is 1. The Morgan fingerprint density at radius 1 is 1.25 bits per heavy atom. The average Bonchev–Trinajstić information content (AvgIpc) is 2.77. The highest BCUT2D eigenvalue weighted by Gasteiger charge is 2.12. The Morgan fingerprint density at radius 2 is 2.05 bits per heavy atom. The van der Waals surface area contributed by atoms with Crippen LogP contribution in [0.4, 0.5) is 0 Å². The summed E-state index contributed by atoms with van der Waals surface area (Å²) in [7, 11) is 1.97. The van der Waals surface area contributed by atoms with Crippen LogP contribution in [0.25, 0.3) is 22.3 Å². The van der Waals surface area contributed by atoms with Crippen molar-refractivity contribution in [1.29, 1.82) is 0 Å². The van der Waals surface area contributed by atoms with E-state index in [1.807, 2.05) is 25.2 Å². The van der Waals surface area contributed by atoms with Gasteiger partial charge in [0, 0.05) is 18.6 Å². The van der Waals surface area contributed by atoms with Gasteiger partial charge in [-0.15, -0.1) is 0 Å². The lowest BCUT2D eigenvalue weighted by molar-refractivity contribution is 0.0697. The minimum absolute atomic E-state index is 0.247. The van der Waals surface area contributed by atoms with Crippen LogP contribution < -0.4 is 0 Å². The van der Waals surface area contributed by atoms with E-state index in [-0.39, 0.29) is 5.56 Å². The van der Waals surface area contributed by atoms with Gasteiger partial charge in [-0.25, -0.2) is 4.79 Å². The molecule has 1 N–H and O–H groups in total. The van der Waals surface area contributed by atoms with E-state index in [0.29, 0.717) is 5.69 Å². The van der Waals surface area contributed by atoms with Gasteiger partial charge in [0.2, 0.25) is 0 Å². The van der Waals surface area contributed by atoms with E-state index in [9.17, 15) is 4.79 Å². The molecule has 1 aromatic carbocycles. The van der Waals surface area contributed by atoms with Crippen molar-refractivity contribution in [3.63, 3.8) is 0 Å². The number of hydrogen-bond donors (Lipinski definition) is 1. The smallest absolute Gasteiger partial charge is 0.335 e. The Kier molecular flexibility index (Phi) is 2.79. The minimum Gasteiger partial charge on any atom is -0.478 e. The topological polar surface area (TPSA) is 55.1 Å². The van der Waals surface area contributed by atoms with E-state index in [4.69, 9.17) is 5.11 Å². The first-order valence-electron chi connectivity index (χ1n) is 6.32. The molecule has 0 unspecified atom stereocenters. The number of carboxylic acids is 1. The van der Waals surface area contributed by atoms with Crippen LogP contribution in [0.5, 0.6) is 0 Å². The summed E-state index contributed by atoms with van der Waals surface area (Å²) in [6.07, 6.45) is 1.53. The molecule has 0 aliphatic rings. The highest BCUT2D eigenvalue weighted by Crippen LogP contribution is 2.28. The molecule has 0 bridgehead atoms. The summed E-state index contributed by atoms with van der Waals surface area (Å²) in [5.74, 6) is -0.941. The van der Waals surface area contributed by atoms with Crippen LogP contribution in [0.15, 0.2) is 42.6 Å².